The number of hydrogen-bond acceptors (Lipinski definition) is 2. The minimum atomic E-state index is -0.538. The van der Waals surface area contributed by atoms with Crippen LogP contribution in [0.15, 0.2) is 23.2 Å². The van der Waals surface area contributed by atoms with E-state index in [1.807, 2.05) is 51.2 Å². The summed E-state index contributed by atoms with van der Waals surface area (Å²) in [5.41, 5.74) is 0.465. The van der Waals surface area contributed by atoms with Gasteiger partial charge in [-0.05, 0) is 57.3 Å². The Morgan fingerprint density at radius 2 is 1.85 bits per heavy atom. The van der Waals surface area contributed by atoms with Crippen LogP contribution in [0.4, 0.5) is 0 Å². The number of benzene rings is 1. The fourth-order valence-corrected chi connectivity index (χ4v) is 2.77. The van der Waals surface area contributed by atoms with Crippen LogP contribution in [0.2, 0.25) is 0 Å². The van der Waals surface area contributed by atoms with Crippen molar-refractivity contribution in [3.05, 3.63) is 30.9 Å². The van der Waals surface area contributed by atoms with Gasteiger partial charge in [-0.3, -0.25) is 4.79 Å². The van der Waals surface area contributed by atoms with Gasteiger partial charge in [0, 0.05) is 7.14 Å². The zero-order valence-electron chi connectivity index (χ0n) is 6.25. The van der Waals surface area contributed by atoms with Gasteiger partial charge < -0.3 is 0 Å². The van der Waals surface area contributed by atoms with Crippen LogP contribution in [0.25, 0.3) is 0 Å². The van der Waals surface area contributed by atoms with Gasteiger partial charge in [0.15, 0.2) is 0 Å². The van der Waals surface area contributed by atoms with Gasteiger partial charge in [-0.2, -0.15) is 0 Å². The van der Waals surface area contributed by atoms with Crippen molar-refractivity contribution in [2.75, 3.05) is 0 Å². The number of amides is 1. The first-order chi connectivity index (χ1) is 6.16. The van der Waals surface area contributed by atoms with Gasteiger partial charge >= 0.3 is 0 Å². The molecule has 3 nitrogen and oxygen atoms in total. The van der Waals surface area contributed by atoms with Crippen LogP contribution in [0.1, 0.15) is 10.4 Å². The van der Waals surface area contributed by atoms with E-state index in [4.69, 9.17) is 0 Å². The molecule has 0 bridgehead atoms. The summed E-state index contributed by atoms with van der Waals surface area (Å²) in [6.07, 6.45) is 1.24. The quantitative estimate of drug-likeness (QED) is 0.414. The first-order valence-corrected chi connectivity index (χ1v) is 5.38. The second-order valence-electron chi connectivity index (χ2n) is 2.10. The van der Waals surface area contributed by atoms with E-state index in [0.29, 0.717) is 5.56 Å². The molecule has 0 radical (unpaired) electrons. The van der Waals surface area contributed by atoms with Gasteiger partial charge in [0.05, 0.1) is 5.56 Å². The molecular weight excluding hydrogens is 396 g/mol. The highest BCUT2D eigenvalue weighted by Gasteiger charge is 2.12. The van der Waals surface area contributed by atoms with E-state index in [1.54, 1.807) is 12.1 Å². The summed E-state index contributed by atoms with van der Waals surface area (Å²) in [6, 6.07) is 5.41. The van der Waals surface area contributed by atoms with Crippen molar-refractivity contribution in [1.82, 2.24) is 0 Å². The molecule has 0 aromatic heterocycles. The van der Waals surface area contributed by atoms with Gasteiger partial charge in [0.1, 0.15) is 0 Å². The van der Waals surface area contributed by atoms with E-state index < -0.39 is 5.91 Å². The van der Waals surface area contributed by atoms with Crippen LogP contribution in [0.3, 0.4) is 0 Å². The molecule has 0 saturated heterocycles. The maximum Gasteiger partial charge on any atom is 0.289 e. The standard InChI is InChI=1S/C8H3I2NO2/c9-5-2-1-3-6(10)7(5)8(13)11-4-12/h1-3H. The van der Waals surface area contributed by atoms with Crippen molar-refractivity contribution in [2.45, 2.75) is 0 Å². The Labute approximate surface area is 102 Å². The van der Waals surface area contributed by atoms with Gasteiger partial charge in [0.25, 0.3) is 5.91 Å². The number of halogens is 2. The van der Waals surface area contributed by atoms with Crippen molar-refractivity contribution in [3.63, 3.8) is 0 Å². The molecule has 0 heterocycles. The molecule has 0 aliphatic rings. The fourth-order valence-electron chi connectivity index (χ4n) is 0.799. The summed E-state index contributed by atoms with van der Waals surface area (Å²) in [7, 11) is 0. The van der Waals surface area contributed by atoms with Gasteiger partial charge in [-0.25, -0.2) is 4.79 Å². The maximum atomic E-state index is 11.2. The van der Waals surface area contributed by atoms with Crippen LogP contribution < -0.4 is 0 Å². The average Bonchev–Trinajstić information content (AvgIpc) is 2.04. The minimum absolute atomic E-state index is 0.465. The molecule has 0 fully saturated rings. The van der Waals surface area contributed by atoms with Crippen LogP contribution in [-0.4, -0.2) is 12.0 Å². The van der Waals surface area contributed by atoms with E-state index in [-0.39, 0.29) is 0 Å². The molecule has 13 heavy (non-hydrogen) atoms. The van der Waals surface area contributed by atoms with E-state index >= 15 is 0 Å². The van der Waals surface area contributed by atoms with Crippen LogP contribution in [-0.2, 0) is 4.79 Å². The molecular formula is C8H3I2NO2. The molecule has 0 aliphatic carbocycles. The van der Waals surface area contributed by atoms with Gasteiger partial charge in [-0.1, -0.05) is 6.07 Å². The van der Waals surface area contributed by atoms with Gasteiger partial charge in [0.2, 0.25) is 6.08 Å². The smallest absolute Gasteiger partial charge is 0.266 e. The Morgan fingerprint density at radius 1 is 1.31 bits per heavy atom. The maximum absolute atomic E-state index is 11.2. The third kappa shape index (κ3) is 2.58. The summed E-state index contributed by atoms with van der Waals surface area (Å²) in [4.78, 5) is 24.2. The molecule has 0 saturated carbocycles. The second-order valence-corrected chi connectivity index (χ2v) is 4.43. The summed E-state index contributed by atoms with van der Waals surface area (Å²) in [5, 5.41) is 0. The number of hydrogen-bond donors (Lipinski definition) is 0. The van der Waals surface area contributed by atoms with Crippen molar-refractivity contribution in [2.24, 2.45) is 4.99 Å². The topological polar surface area (TPSA) is 46.5 Å². The van der Waals surface area contributed by atoms with Crippen molar-refractivity contribution < 1.29 is 9.59 Å². The molecule has 1 aromatic carbocycles. The van der Waals surface area contributed by atoms with E-state index in [1.165, 1.54) is 6.08 Å². The first-order valence-electron chi connectivity index (χ1n) is 3.23. The first kappa shape index (κ1) is 10.8. The van der Waals surface area contributed by atoms with E-state index in [9.17, 15) is 9.59 Å². The molecule has 0 unspecified atom stereocenters. The van der Waals surface area contributed by atoms with Crippen LogP contribution in [0, 0.1) is 7.14 Å². The molecule has 0 spiro atoms. The third-order valence-corrected chi connectivity index (χ3v) is 3.12. The summed E-state index contributed by atoms with van der Waals surface area (Å²) >= 11 is 4.05. The SMILES string of the molecule is O=C=NC(=O)c1c(I)cccc1I. The zero-order chi connectivity index (χ0) is 9.84. The normalized spacial score (nSPS) is 9.08. The third-order valence-electron chi connectivity index (χ3n) is 1.32. The number of rotatable bonds is 1. The minimum Gasteiger partial charge on any atom is -0.266 e. The lowest BCUT2D eigenvalue weighted by Gasteiger charge is -2.00. The highest BCUT2D eigenvalue weighted by molar-refractivity contribution is 14.1. The predicted molar refractivity (Wildman–Crippen MR) is 64.3 cm³/mol. The number of carbonyl (C=O) groups is 1. The number of carbonyl (C=O) groups excluding carboxylic acids is 2. The van der Waals surface area contributed by atoms with Crippen LogP contribution in [0.5, 0.6) is 0 Å². The lowest BCUT2D eigenvalue weighted by molar-refractivity contribution is 0.100. The molecule has 1 aromatic rings. The van der Waals surface area contributed by atoms with Crippen LogP contribution >= 0.6 is 45.2 Å². The molecule has 0 N–H and O–H groups in total. The zero-order valence-corrected chi connectivity index (χ0v) is 10.6. The lowest BCUT2D eigenvalue weighted by atomic mass is 10.2. The largest absolute Gasteiger partial charge is 0.289 e. The monoisotopic (exact) mass is 399 g/mol. The highest BCUT2D eigenvalue weighted by atomic mass is 127. The Bertz CT molecular complexity index is 377. The summed E-state index contributed by atoms with van der Waals surface area (Å²) < 4.78 is 1.57. The molecule has 66 valence electrons. The van der Waals surface area contributed by atoms with Gasteiger partial charge in [-0.15, -0.1) is 4.99 Å². The molecule has 1 amide bonds. The summed E-state index contributed by atoms with van der Waals surface area (Å²) in [5.74, 6) is -0.538. The average molecular weight is 399 g/mol. The number of nitrogens with zero attached hydrogens (tertiary/aromatic N) is 1. The Kier molecular flexibility index (Phi) is 4.01. The fraction of sp³-hybridized carbons (Fsp3) is 0. The number of aliphatic imine (C=N–C) groups is 1. The highest BCUT2D eigenvalue weighted by Crippen LogP contribution is 2.19. The lowest BCUT2D eigenvalue weighted by Crippen LogP contribution is -2.00. The Hall–Kier alpha value is -0.270. The summed E-state index contributed by atoms with van der Waals surface area (Å²) in [6.45, 7) is 0. The molecule has 0 aliphatic heterocycles. The second kappa shape index (κ2) is 4.83. The predicted octanol–water partition coefficient (Wildman–Crippen LogP) is 2.37. The Balaban J connectivity index is 3.27. The Morgan fingerprint density at radius 3 is 2.31 bits per heavy atom. The molecule has 5 heteroatoms. The van der Waals surface area contributed by atoms with Crippen molar-refractivity contribution >= 4 is 57.2 Å². The van der Waals surface area contributed by atoms with E-state index in [0.717, 1.165) is 7.14 Å². The van der Waals surface area contributed by atoms with E-state index in [2.05, 4.69) is 4.99 Å². The molecule has 0 atom stereocenters. The number of isocyanates is 1. The molecule has 1 rings (SSSR count). The van der Waals surface area contributed by atoms with Crippen molar-refractivity contribution in [1.29, 1.82) is 0 Å². The van der Waals surface area contributed by atoms with Crippen molar-refractivity contribution in [3.8, 4) is 0 Å².